The molecule has 2 heterocycles. The molecule has 0 aliphatic carbocycles. The van der Waals surface area contributed by atoms with Gasteiger partial charge < -0.3 is 9.15 Å². The van der Waals surface area contributed by atoms with Gasteiger partial charge in [0.2, 0.25) is 0 Å². The van der Waals surface area contributed by atoms with Gasteiger partial charge in [0.1, 0.15) is 11.6 Å². The molecule has 0 bridgehead atoms. The molecule has 5 nitrogen and oxygen atoms in total. The van der Waals surface area contributed by atoms with E-state index in [0.717, 1.165) is 0 Å². The summed E-state index contributed by atoms with van der Waals surface area (Å²) in [6.45, 7) is 0. The van der Waals surface area contributed by atoms with Gasteiger partial charge in [-0.05, 0) is 48.5 Å². The minimum atomic E-state index is -0.830. The van der Waals surface area contributed by atoms with E-state index in [1.165, 1.54) is 30.5 Å². The second-order valence-corrected chi connectivity index (χ2v) is 6.80. The molecular formula is C24H18F2N2O3. The van der Waals surface area contributed by atoms with Crippen molar-refractivity contribution in [1.29, 1.82) is 0 Å². The van der Waals surface area contributed by atoms with E-state index in [-0.39, 0.29) is 18.7 Å². The third kappa shape index (κ3) is 5.19. The van der Waals surface area contributed by atoms with E-state index >= 15 is 0 Å². The molecule has 0 radical (unpaired) electrons. The van der Waals surface area contributed by atoms with Crippen molar-refractivity contribution in [3.63, 3.8) is 0 Å². The Morgan fingerprint density at radius 1 is 0.968 bits per heavy atom. The monoisotopic (exact) mass is 420 g/mol. The number of pyridine rings is 1. The third-order valence-electron chi connectivity index (χ3n) is 4.58. The Labute approximate surface area is 177 Å². The number of esters is 1. The molecule has 31 heavy (non-hydrogen) atoms. The highest BCUT2D eigenvalue weighted by molar-refractivity contribution is 5.70. The van der Waals surface area contributed by atoms with Gasteiger partial charge in [0.25, 0.3) is 0 Å². The topological polar surface area (TPSA) is 65.2 Å². The van der Waals surface area contributed by atoms with Crippen LogP contribution in [0.5, 0.6) is 0 Å². The zero-order valence-corrected chi connectivity index (χ0v) is 16.4. The number of hydrogen-bond donors (Lipinski definition) is 0. The van der Waals surface area contributed by atoms with Gasteiger partial charge in [0.15, 0.2) is 17.8 Å². The van der Waals surface area contributed by atoms with Gasteiger partial charge in [0.05, 0.1) is 18.3 Å². The molecule has 0 saturated carbocycles. The number of aryl methyl sites for hydroxylation is 1. The van der Waals surface area contributed by atoms with Gasteiger partial charge in [0, 0.05) is 23.7 Å². The molecular weight excluding hydrogens is 402 g/mol. The van der Waals surface area contributed by atoms with Crippen molar-refractivity contribution in [2.75, 3.05) is 0 Å². The smallest absolute Gasteiger partial charge is 0.307 e. The van der Waals surface area contributed by atoms with Crippen LogP contribution >= 0.6 is 0 Å². The highest BCUT2D eigenvalue weighted by Gasteiger charge is 2.21. The Balaban J connectivity index is 1.43. The van der Waals surface area contributed by atoms with Crippen molar-refractivity contribution in [3.8, 4) is 11.3 Å². The molecule has 1 unspecified atom stereocenters. The highest BCUT2D eigenvalue weighted by Crippen LogP contribution is 2.26. The van der Waals surface area contributed by atoms with Crippen molar-refractivity contribution in [2.24, 2.45) is 0 Å². The summed E-state index contributed by atoms with van der Waals surface area (Å²) >= 11 is 0. The number of ether oxygens (including phenoxy) is 1. The second kappa shape index (κ2) is 9.30. The second-order valence-electron chi connectivity index (χ2n) is 6.80. The summed E-state index contributed by atoms with van der Waals surface area (Å²) < 4.78 is 38.0. The van der Waals surface area contributed by atoms with E-state index in [9.17, 15) is 13.6 Å². The Morgan fingerprint density at radius 3 is 2.55 bits per heavy atom. The summed E-state index contributed by atoms with van der Waals surface area (Å²) in [5, 5.41) is 0. The van der Waals surface area contributed by atoms with Gasteiger partial charge in [-0.25, -0.2) is 13.8 Å². The molecule has 4 rings (SSSR count). The molecule has 4 aromatic rings. The van der Waals surface area contributed by atoms with Gasteiger partial charge in [-0.3, -0.25) is 9.78 Å². The first-order valence-electron chi connectivity index (χ1n) is 9.65. The first kappa shape index (κ1) is 20.4. The Kier molecular flexibility index (Phi) is 6.12. The number of rotatable bonds is 7. The molecule has 156 valence electrons. The van der Waals surface area contributed by atoms with Crippen LogP contribution in [0.15, 0.2) is 83.5 Å². The maximum atomic E-state index is 13.7. The van der Waals surface area contributed by atoms with Crippen LogP contribution in [-0.4, -0.2) is 15.9 Å². The van der Waals surface area contributed by atoms with Crippen molar-refractivity contribution < 1.29 is 22.7 Å². The first-order chi connectivity index (χ1) is 15.1. The first-order valence-corrected chi connectivity index (χ1v) is 9.65. The van der Waals surface area contributed by atoms with Crippen LogP contribution < -0.4 is 0 Å². The molecule has 0 spiro atoms. The van der Waals surface area contributed by atoms with Gasteiger partial charge in [-0.1, -0.05) is 18.2 Å². The van der Waals surface area contributed by atoms with E-state index in [4.69, 9.17) is 9.15 Å². The minimum Gasteiger partial charge on any atom is -0.451 e. The SMILES string of the molecule is O=C(CCc1ncc(-c2ccc(F)cc2)o1)OC(c1cccc(F)c1)c1ccccn1. The predicted molar refractivity (Wildman–Crippen MR) is 109 cm³/mol. The number of carbonyl (C=O) groups excluding carboxylic acids is 1. The zero-order chi connectivity index (χ0) is 21.6. The average molecular weight is 420 g/mol. The molecule has 2 aromatic carbocycles. The van der Waals surface area contributed by atoms with Crippen LogP contribution in [0.3, 0.4) is 0 Å². The Morgan fingerprint density at radius 2 is 1.81 bits per heavy atom. The van der Waals surface area contributed by atoms with Crippen LogP contribution in [0, 0.1) is 11.6 Å². The summed E-state index contributed by atoms with van der Waals surface area (Å²) in [4.78, 5) is 20.9. The zero-order valence-electron chi connectivity index (χ0n) is 16.4. The largest absolute Gasteiger partial charge is 0.451 e. The van der Waals surface area contributed by atoms with Gasteiger partial charge in [-0.15, -0.1) is 0 Å². The number of hydrogen-bond acceptors (Lipinski definition) is 5. The lowest BCUT2D eigenvalue weighted by Gasteiger charge is -2.18. The minimum absolute atomic E-state index is 0.0159. The number of oxazole rings is 1. The third-order valence-corrected chi connectivity index (χ3v) is 4.58. The van der Waals surface area contributed by atoms with Crippen LogP contribution in [0.4, 0.5) is 8.78 Å². The molecule has 0 aliphatic rings. The van der Waals surface area contributed by atoms with Crippen molar-refractivity contribution in [3.05, 3.63) is 108 Å². The lowest BCUT2D eigenvalue weighted by atomic mass is 10.1. The van der Waals surface area contributed by atoms with Crippen LogP contribution in [0.1, 0.15) is 29.7 Å². The maximum absolute atomic E-state index is 13.7. The van der Waals surface area contributed by atoms with E-state index in [1.54, 1.807) is 48.7 Å². The summed E-state index contributed by atoms with van der Waals surface area (Å²) in [5.41, 5.74) is 1.67. The molecule has 0 aliphatic heterocycles. The molecule has 0 amide bonds. The normalized spacial score (nSPS) is 11.8. The fourth-order valence-corrected chi connectivity index (χ4v) is 3.07. The number of halogens is 2. The molecule has 0 saturated heterocycles. The van der Waals surface area contributed by atoms with Crippen molar-refractivity contribution in [2.45, 2.75) is 18.9 Å². The van der Waals surface area contributed by atoms with Crippen LogP contribution in [0.25, 0.3) is 11.3 Å². The van der Waals surface area contributed by atoms with E-state index < -0.39 is 17.9 Å². The fourth-order valence-electron chi connectivity index (χ4n) is 3.07. The van der Waals surface area contributed by atoms with Crippen molar-refractivity contribution in [1.82, 2.24) is 9.97 Å². The standard InChI is InChI=1S/C24H18F2N2O3/c25-18-9-7-16(8-10-18)21-15-28-22(30-21)11-12-23(29)31-24(20-6-1-2-13-27-20)17-4-3-5-19(26)14-17/h1-10,13-15,24H,11-12H2. The number of aromatic nitrogens is 2. The summed E-state index contributed by atoms with van der Waals surface area (Å²) in [6, 6.07) is 16.9. The van der Waals surface area contributed by atoms with E-state index in [2.05, 4.69) is 9.97 Å². The van der Waals surface area contributed by atoms with Gasteiger partial charge in [-0.2, -0.15) is 0 Å². The molecule has 0 fully saturated rings. The number of carbonyl (C=O) groups is 1. The maximum Gasteiger partial charge on any atom is 0.307 e. The average Bonchev–Trinajstić information content (AvgIpc) is 3.26. The Hall–Kier alpha value is -3.87. The lowest BCUT2D eigenvalue weighted by molar-refractivity contribution is -0.147. The van der Waals surface area contributed by atoms with Crippen molar-refractivity contribution >= 4 is 5.97 Å². The molecule has 7 heteroatoms. The highest BCUT2D eigenvalue weighted by atomic mass is 19.1. The quantitative estimate of drug-likeness (QED) is 0.381. The summed E-state index contributed by atoms with van der Waals surface area (Å²) in [5.74, 6) is -0.429. The summed E-state index contributed by atoms with van der Waals surface area (Å²) in [7, 11) is 0. The summed E-state index contributed by atoms with van der Waals surface area (Å²) in [6.07, 6.45) is 2.51. The Bertz CT molecular complexity index is 1160. The number of benzene rings is 2. The van der Waals surface area contributed by atoms with E-state index in [0.29, 0.717) is 28.5 Å². The lowest BCUT2D eigenvalue weighted by Crippen LogP contribution is -2.14. The molecule has 0 N–H and O–H groups in total. The predicted octanol–water partition coefficient (Wildman–Crippen LogP) is 5.28. The van der Waals surface area contributed by atoms with Crippen LogP contribution in [-0.2, 0) is 16.0 Å². The van der Waals surface area contributed by atoms with Crippen LogP contribution in [0.2, 0.25) is 0 Å². The molecule has 1 atom stereocenters. The number of nitrogens with zero attached hydrogens (tertiary/aromatic N) is 2. The molecule has 2 aromatic heterocycles. The van der Waals surface area contributed by atoms with Gasteiger partial charge >= 0.3 is 5.97 Å². The fraction of sp³-hybridized carbons (Fsp3) is 0.125. The van der Waals surface area contributed by atoms with E-state index in [1.807, 2.05) is 0 Å².